The van der Waals surface area contributed by atoms with Crippen molar-refractivity contribution in [2.24, 2.45) is 5.14 Å². The molecule has 0 radical (unpaired) electrons. The van der Waals surface area contributed by atoms with Crippen LogP contribution in [0.5, 0.6) is 5.75 Å². The standard InChI is InChI=1S/C30H25FN4O4S2.H2O/c1-39-22-7-3-5-19(13-22)18-4-2-6-21(12-18)28-24(14-20-10-11-23(41(32)38)15-25(20)31)27(17-8-9-17)34-35(28)30-33-26(16-40-30)29(36)37;/h2-7,10-13,15-17H,8-9,14H2,1H3,(H2,32,38)(H,36,37);1H2. The number of thiazole rings is 1. The number of nitrogens with two attached hydrogens (primary N) is 1. The third-order valence-corrected chi connectivity index (χ3v) is 8.67. The number of aromatic carboxylic acids is 1. The van der Waals surface area contributed by atoms with Crippen molar-refractivity contribution in [1.29, 1.82) is 0 Å². The smallest absolute Gasteiger partial charge is 0.355 e. The Hall–Kier alpha value is -4.23. The van der Waals surface area contributed by atoms with Crippen molar-refractivity contribution >= 4 is 28.3 Å². The highest BCUT2D eigenvalue weighted by molar-refractivity contribution is 7.82. The van der Waals surface area contributed by atoms with Crippen LogP contribution in [0.4, 0.5) is 4.39 Å². The van der Waals surface area contributed by atoms with Gasteiger partial charge in [0.25, 0.3) is 0 Å². The van der Waals surface area contributed by atoms with Crippen LogP contribution in [-0.4, -0.2) is 38.4 Å². The zero-order chi connectivity index (χ0) is 28.7. The number of carboxylic acid groups (broad SMARTS) is 1. The number of hydrogen-bond acceptors (Lipinski definition) is 7. The quantitative estimate of drug-likeness (QED) is 0.161. The van der Waals surface area contributed by atoms with Crippen LogP contribution >= 0.6 is 11.3 Å². The molecule has 0 spiro atoms. The van der Waals surface area contributed by atoms with E-state index in [0.717, 1.165) is 52.2 Å². The van der Waals surface area contributed by atoms with Crippen LogP contribution in [-0.2, 0) is 21.6 Å². The van der Waals surface area contributed by atoms with Gasteiger partial charge in [-0.05, 0) is 53.8 Å². The first-order valence-corrected chi connectivity index (χ1v) is 15.1. The van der Waals surface area contributed by atoms with Gasteiger partial charge in [0.05, 0.1) is 18.5 Å². The molecule has 1 aliphatic rings. The summed E-state index contributed by atoms with van der Waals surface area (Å²) in [5.41, 5.74) is 5.48. The lowest BCUT2D eigenvalue weighted by molar-refractivity contribution is 0.0691. The van der Waals surface area contributed by atoms with Crippen LogP contribution in [0.3, 0.4) is 0 Å². The van der Waals surface area contributed by atoms with E-state index in [9.17, 15) is 14.1 Å². The molecule has 1 saturated carbocycles. The Kier molecular flexibility index (Phi) is 8.32. The Bertz CT molecular complexity index is 1820. The predicted molar refractivity (Wildman–Crippen MR) is 159 cm³/mol. The minimum absolute atomic E-state index is 0. The Morgan fingerprint density at radius 1 is 1.12 bits per heavy atom. The van der Waals surface area contributed by atoms with Gasteiger partial charge in [0.15, 0.2) is 21.6 Å². The third-order valence-electron chi connectivity index (χ3n) is 7.07. The number of thiol groups is 1. The summed E-state index contributed by atoms with van der Waals surface area (Å²) in [5, 5.41) is 21.9. The fraction of sp³-hybridized carbons (Fsp3) is 0.167. The third kappa shape index (κ3) is 5.74. The lowest BCUT2D eigenvalue weighted by atomic mass is 9.95. The van der Waals surface area contributed by atoms with Crippen LogP contribution < -0.4 is 9.88 Å². The lowest BCUT2D eigenvalue weighted by Crippen LogP contribution is -2.04. The molecule has 2 heterocycles. The molecule has 5 aromatic rings. The summed E-state index contributed by atoms with van der Waals surface area (Å²) in [4.78, 5) is 16.2. The van der Waals surface area contributed by atoms with E-state index < -0.39 is 22.8 Å². The molecule has 12 heteroatoms. The largest absolute Gasteiger partial charge is 0.870 e. The molecule has 3 aromatic carbocycles. The number of methoxy groups -OCH3 is 1. The summed E-state index contributed by atoms with van der Waals surface area (Å²) in [5.74, 6) is -0.670. The number of carbonyl (C=O) groups is 1. The molecule has 0 aliphatic heterocycles. The summed E-state index contributed by atoms with van der Waals surface area (Å²) in [7, 11) is -0.540. The van der Waals surface area contributed by atoms with Crippen LogP contribution in [0.15, 0.2) is 77.0 Å². The summed E-state index contributed by atoms with van der Waals surface area (Å²) < 4.78 is 34.1. The highest BCUT2D eigenvalue weighted by Gasteiger charge is 2.33. The molecule has 1 fully saturated rings. The van der Waals surface area contributed by atoms with E-state index in [1.807, 2.05) is 48.5 Å². The number of benzene rings is 3. The molecule has 1 unspecified atom stereocenters. The molecule has 42 heavy (non-hydrogen) atoms. The van der Waals surface area contributed by atoms with E-state index >= 15 is 4.39 Å². The van der Waals surface area contributed by atoms with E-state index in [2.05, 4.69) is 4.98 Å². The zero-order valence-electron chi connectivity index (χ0n) is 22.4. The van der Waals surface area contributed by atoms with Crippen LogP contribution in [0.2, 0.25) is 0 Å². The van der Waals surface area contributed by atoms with Crippen molar-refractivity contribution in [2.45, 2.75) is 30.1 Å². The maximum atomic E-state index is 15.3. The maximum absolute atomic E-state index is 15.3. The minimum atomic E-state index is -2.16. The molecule has 0 bridgehead atoms. The number of halogens is 1. The van der Waals surface area contributed by atoms with Crippen molar-refractivity contribution in [3.05, 3.63) is 100 Å². The molecule has 1 aliphatic carbocycles. The van der Waals surface area contributed by atoms with Gasteiger partial charge in [-0.1, -0.05) is 40.6 Å². The average molecular weight is 607 g/mol. The number of ether oxygens (including phenoxy) is 1. The molecular weight excluding hydrogens is 579 g/mol. The van der Waals surface area contributed by atoms with Gasteiger partial charge in [-0.3, -0.25) is 0 Å². The summed E-state index contributed by atoms with van der Waals surface area (Å²) in [6.07, 6.45) is 2.15. The van der Waals surface area contributed by atoms with Gasteiger partial charge in [0.2, 0.25) is 5.13 Å². The second-order valence-corrected chi connectivity index (χ2v) is 11.8. The predicted octanol–water partition coefficient (Wildman–Crippen LogP) is 5.73. The fourth-order valence-corrected chi connectivity index (χ4v) is 6.09. The molecule has 6 rings (SSSR count). The summed E-state index contributed by atoms with van der Waals surface area (Å²) in [6, 6.07) is 20.1. The fourth-order valence-electron chi connectivity index (χ4n) is 4.88. The van der Waals surface area contributed by atoms with Gasteiger partial charge in [-0.25, -0.2) is 18.9 Å². The maximum Gasteiger partial charge on any atom is 0.355 e. The second kappa shape index (κ2) is 11.9. The van der Waals surface area contributed by atoms with Gasteiger partial charge >= 0.3 is 5.97 Å². The monoisotopic (exact) mass is 606 g/mol. The topological polar surface area (TPSA) is 150 Å². The van der Waals surface area contributed by atoms with Crippen LogP contribution in [0.1, 0.15) is 46.1 Å². The lowest BCUT2D eigenvalue weighted by Gasteiger charge is -2.12. The Morgan fingerprint density at radius 3 is 2.48 bits per heavy atom. The van der Waals surface area contributed by atoms with E-state index in [1.165, 1.54) is 22.8 Å². The number of carboxylic acids is 1. The molecule has 0 saturated heterocycles. The van der Waals surface area contributed by atoms with Gasteiger partial charge in [0.1, 0.15) is 11.6 Å². The Labute approximate surface area is 247 Å². The van der Waals surface area contributed by atoms with E-state index in [-0.39, 0.29) is 28.4 Å². The van der Waals surface area contributed by atoms with Crippen LogP contribution in [0.25, 0.3) is 27.5 Å². The molecule has 1 atom stereocenters. The van der Waals surface area contributed by atoms with E-state index in [0.29, 0.717) is 10.7 Å². The minimum Gasteiger partial charge on any atom is -0.870 e. The van der Waals surface area contributed by atoms with Gasteiger partial charge in [-0.15, -0.1) is 16.5 Å². The van der Waals surface area contributed by atoms with Crippen LogP contribution in [0, 0.1) is 5.82 Å². The number of hydrogen-bond donors (Lipinski definition) is 2. The molecule has 2 aromatic heterocycles. The van der Waals surface area contributed by atoms with Gasteiger partial charge in [0, 0.05) is 34.9 Å². The number of rotatable bonds is 9. The first-order valence-electron chi connectivity index (χ1n) is 12.9. The van der Waals surface area contributed by atoms with Gasteiger partial charge < -0.3 is 15.3 Å². The normalized spacial score (nSPS) is 13.4. The van der Waals surface area contributed by atoms with Crippen molar-refractivity contribution in [3.8, 4) is 33.3 Å². The zero-order valence-corrected chi connectivity index (χ0v) is 24.1. The van der Waals surface area contributed by atoms with Crippen molar-refractivity contribution in [2.75, 3.05) is 7.11 Å². The molecule has 9 nitrogen and oxygen atoms in total. The van der Waals surface area contributed by atoms with Crippen molar-refractivity contribution < 1.29 is 28.7 Å². The average Bonchev–Trinajstić information content (AvgIpc) is 3.57. The van der Waals surface area contributed by atoms with Crippen molar-refractivity contribution in [3.63, 3.8) is 0 Å². The molecule has 216 valence electrons. The first-order chi connectivity index (χ1) is 19.8. The Morgan fingerprint density at radius 2 is 1.83 bits per heavy atom. The molecule has 4 N–H and O–H groups in total. The summed E-state index contributed by atoms with van der Waals surface area (Å²) >= 11 is 1.19. The first kappa shape index (κ1) is 29.3. The summed E-state index contributed by atoms with van der Waals surface area (Å²) in [6.45, 7) is 0. The second-order valence-electron chi connectivity index (χ2n) is 9.81. The highest BCUT2D eigenvalue weighted by Crippen LogP contribution is 2.45. The van der Waals surface area contributed by atoms with E-state index in [4.69, 9.17) is 15.0 Å². The molecular formula is C30H27FN4O5S2. The van der Waals surface area contributed by atoms with E-state index in [1.54, 1.807) is 23.9 Å². The van der Waals surface area contributed by atoms with Crippen molar-refractivity contribution in [1.82, 2.24) is 14.8 Å². The molecule has 0 amide bonds. The Balaban J connectivity index is 0.00000353. The highest BCUT2D eigenvalue weighted by atomic mass is 32.2. The van der Waals surface area contributed by atoms with Gasteiger partial charge in [-0.2, -0.15) is 5.10 Å². The number of nitrogens with zero attached hydrogens (tertiary/aromatic N) is 3. The SMILES string of the molecule is COc1cccc(-c2cccc(-c3c(Cc4ccc([SH+](N)=O)cc4F)c(C4CC4)nn3-c3nc(C(=O)O)cs3)c2)c1.[OH-]. The number of aromatic nitrogens is 3.